The number of H-pyrrole nitrogens is 1. The molecule has 18 heavy (non-hydrogen) atoms. The molecule has 0 bridgehead atoms. The Bertz CT molecular complexity index is 673. The number of aromatic nitrogens is 2. The predicted octanol–water partition coefficient (Wildman–Crippen LogP) is 3.92. The van der Waals surface area contributed by atoms with Crippen molar-refractivity contribution in [2.45, 2.75) is 13.8 Å². The number of aromatic amines is 1. The second-order valence-electron chi connectivity index (χ2n) is 4.39. The van der Waals surface area contributed by atoms with Gasteiger partial charge in [-0.3, -0.25) is 0 Å². The van der Waals surface area contributed by atoms with Crippen molar-refractivity contribution in [3.8, 4) is 16.5 Å². The van der Waals surface area contributed by atoms with Gasteiger partial charge in [-0.2, -0.15) is 0 Å². The van der Waals surface area contributed by atoms with E-state index in [1.54, 1.807) is 18.4 Å². The molecule has 0 aliphatic heterocycles. The van der Waals surface area contributed by atoms with E-state index in [1.165, 1.54) is 11.1 Å². The van der Waals surface area contributed by atoms with E-state index in [-0.39, 0.29) is 0 Å². The molecule has 2 aromatic heterocycles. The second kappa shape index (κ2) is 4.14. The van der Waals surface area contributed by atoms with Gasteiger partial charge in [-0.15, -0.1) is 11.3 Å². The number of rotatable bonds is 2. The Labute approximate surface area is 109 Å². The molecule has 3 rings (SSSR count). The number of fused-ring (bicyclic) bond motifs is 1. The summed E-state index contributed by atoms with van der Waals surface area (Å²) in [5, 5.41) is 1.99. The number of imidazole rings is 1. The molecule has 0 unspecified atom stereocenters. The highest BCUT2D eigenvalue weighted by molar-refractivity contribution is 7.13. The summed E-state index contributed by atoms with van der Waals surface area (Å²) in [7, 11) is 1.68. The average Bonchev–Trinajstić information content (AvgIpc) is 2.95. The zero-order valence-corrected chi connectivity index (χ0v) is 11.4. The van der Waals surface area contributed by atoms with E-state index >= 15 is 0 Å². The van der Waals surface area contributed by atoms with E-state index in [9.17, 15) is 0 Å². The van der Waals surface area contributed by atoms with E-state index in [0.29, 0.717) is 0 Å². The van der Waals surface area contributed by atoms with Crippen LogP contribution in [0.4, 0.5) is 0 Å². The Morgan fingerprint density at radius 1 is 1.17 bits per heavy atom. The number of aryl methyl sites for hydroxylation is 2. The van der Waals surface area contributed by atoms with Gasteiger partial charge in [0.1, 0.15) is 11.6 Å². The summed E-state index contributed by atoms with van der Waals surface area (Å²) in [4.78, 5) is 9.09. The molecule has 0 radical (unpaired) electrons. The molecule has 0 saturated heterocycles. The Hall–Kier alpha value is -1.81. The lowest BCUT2D eigenvalue weighted by atomic mass is 10.1. The molecule has 0 spiro atoms. The van der Waals surface area contributed by atoms with Crippen molar-refractivity contribution in [1.29, 1.82) is 0 Å². The van der Waals surface area contributed by atoms with Crippen LogP contribution in [0, 0.1) is 13.8 Å². The standard InChI is InChI=1S/C14H14N2OS/c1-8-4-11-12(5-9(8)2)16-14(15-11)13-6-10(17-3)7-18-13/h4-7H,1-3H3,(H,15,16). The highest BCUT2D eigenvalue weighted by atomic mass is 32.1. The lowest BCUT2D eigenvalue weighted by Gasteiger charge is -1.97. The maximum atomic E-state index is 5.20. The Morgan fingerprint density at radius 3 is 2.67 bits per heavy atom. The molecule has 2 heterocycles. The van der Waals surface area contributed by atoms with Crippen molar-refractivity contribution in [3.63, 3.8) is 0 Å². The minimum atomic E-state index is 0.878. The van der Waals surface area contributed by atoms with Gasteiger partial charge in [0.2, 0.25) is 0 Å². The monoisotopic (exact) mass is 258 g/mol. The Kier molecular flexibility index (Phi) is 2.59. The molecule has 0 aliphatic rings. The molecule has 1 aromatic carbocycles. The van der Waals surface area contributed by atoms with E-state index in [1.807, 2.05) is 11.4 Å². The molecule has 0 saturated carbocycles. The minimum Gasteiger partial charge on any atom is -0.496 e. The number of ether oxygens (including phenoxy) is 1. The van der Waals surface area contributed by atoms with Gasteiger partial charge in [0.15, 0.2) is 0 Å². The Morgan fingerprint density at radius 2 is 1.94 bits per heavy atom. The van der Waals surface area contributed by atoms with Crippen LogP contribution in [-0.2, 0) is 0 Å². The summed E-state index contributed by atoms with van der Waals surface area (Å²) in [6.45, 7) is 4.22. The van der Waals surface area contributed by atoms with Crippen molar-refractivity contribution in [1.82, 2.24) is 9.97 Å². The van der Waals surface area contributed by atoms with Crippen molar-refractivity contribution in [2.75, 3.05) is 7.11 Å². The first-order valence-electron chi connectivity index (χ1n) is 5.77. The molecule has 0 amide bonds. The highest BCUT2D eigenvalue weighted by Crippen LogP contribution is 2.30. The van der Waals surface area contributed by atoms with Crippen molar-refractivity contribution in [2.24, 2.45) is 0 Å². The van der Waals surface area contributed by atoms with Gasteiger partial charge in [0.25, 0.3) is 0 Å². The fraction of sp³-hybridized carbons (Fsp3) is 0.214. The summed E-state index contributed by atoms with van der Waals surface area (Å²) in [5.74, 6) is 1.78. The zero-order chi connectivity index (χ0) is 12.7. The summed E-state index contributed by atoms with van der Waals surface area (Å²) >= 11 is 1.63. The first-order valence-corrected chi connectivity index (χ1v) is 6.65. The third-order valence-electron chi connectivity index (χ3n) is 3.14. The summed E-state index contributed by atoms with van der Waals surface area (Å²) < 4.78 is 5.20. The van der Waals surface area contributed by atoms with Crippen molar-refractivity contribution < 1.29 is 4.74 Å². The van der Waals surface area contributed by atoms with Gasteiger partial charge in [-0.25, -0.2) is 4.98 Å². The zero-order valence-electron chi connectivity index (χ0n) is 10.6. The van der Waals surface area contributed by atoms with Crippen LogP contribution in [0.2, 0.25) is 0 Å². The van der Waals surface area contributed by atoms with Gasteiger partial charge >= 0.3 is 0 Å². The molecule has 3 aromatic rings. The summed E-state index contributed by atoms with van der Waals surface area (Å²) in [5.41, 5.74) is 4.65. The molecule has 92 valence electrons. The fourth-order valence-corrected chi connectivity index (χ4v) is 2.74. The van der Waals surface area contributed by atoms with Gasteiger partial charge in [-0.05, 0) is 37.1 Å². The van der Waals surface area contributed by atoms with Crippen LogP contribution < -0.4 is 4.74 Å². The number of methoxy groups -OCH3 is 1. The topological polar surface area (TPSA) is 37.9 Å². The van der Waals surface area contributed by atoms with Gasteiger partial charge < -0.3 is 9.72 Å². The third kappa shape index (κ3) is 1.78. The molecule has 3 nitrogen and oxygen atoms in total. The lowest BCUT2D eigenvalue weighted by molar-refractivity contribution is 0.417. The Balaban J connectivity index is 2.13. The predicted molar refractivity (Wildman–Crippen MR) is 75.4 cm³/mol. The van der Waals surface area contributed by atoms with Crippen LogP contribution in [0.1, 0.15) is 11.1 Å². The molecule has 0 atom stereocenters. The number of hydrogen-bond acceptors (Lipinski definition) is 3. The van der Waals surface area contributed by atoms with Crippen LogP contribution in [0.15, 0.2) is 23.6 Å². The number of hydrogen-bond donors (Lipinski definition) is 1. The molecule has 1 N–H and O–H groups in total. The van der Waals surface area contributed by atoms with Crippen molar-refractivity contribution in [3.05, 3.63) is 34.7 Å². The van der Waals surface area contributed by atoms with E-state index in [4.69, 9.17) is 4.74 Å². The first kappa shape index (κ1) is 11.3. The largest absolute Gasteiger partial charge is 0.496 e. The smallest absolute Gasteiger partial charge is 0.148 e. The quantitative estimate of drug-likeness (QED) is 0.756. The maximum absolute atomic E-state index is 5.20. The highest BCUT2D eigenvalue weighted by Gasteiger charge is 2.09. The first-order chi connectivity index (χ1) is 8.67. The van der Waals surface area contributed by atoms with E-state index < -0.39 is 0 Å². The van der Waals surface area contributed by atoms with Crippen LogP contribution >= 0.6 is 11.3 Å². The van der Waals surface area contributed by atoms with Crippen LogP contribution in [0.5, 0.6) is 5.75 Å². The molecule has 4 heteroatoms. The number of nitrogens with zero attached hydrogens (tertiary/aromatic N) is 1. The van der Waals surface area contributed by atoms with Gasteiger partial charge in [0, 0.05) is 11.4 Å². The van der Waals surface area contributed by atoms with Gasteiger partial charge in [0.05, 0.1) is 23.0 Å². The number of benzene rings is 1. The summed E-state index contributed by atoms with van der Waals surface area (Å²) in [6.07, 6.45) is 0. The van der Waals surface area contributed by atoms with E-state index in [0.717, 1.165) is 27.5 Å². The molecule has 0 fully saturated rings. The fourth-order valence-electron chi connectivity index (χ4n) is 1.94. The van der Waals surface area contributed by atoms with Crippen LogP contribution in [0.25, 0.3) is 21.7 Å². The normalized spacial score (nSPS) is 11.1. The minimum absolute atomic E-state index is 0.878. The van der Waals surface area contributed by atoms with Crippen molar-refractivity contribution >= 4 is 22.4 Å². The molecule has 0 aliphatic carbocycles. The third-order valence-corrected chi connectivity index (χ3v) is 4.06. The average molecular weight is 258 g/mol. The maximum Gasteiger partial charge on any atom is 0.148 e. The SMILES string of the molecule is COc1csc(-c2nc3cc(C)c(C)cc3[nH]2)c1. The van der Waals surface area contributed by atoms with Crippen LogP contribution in [0.3, 0.4) is 0 Å². The summed E-state index contributed by atoms with van der Waals surface area (Å²) in [6, 6.07) is 6.27. The van der Waals surface area contributed by atoms with Crippen LogP contribution in [-0.4, -0.2) is 17.1 Å². The number of thiophene rings is 1. The second-order valence-corrected chi connectivity index (χ2v) is 5.30. The molecular formula is C14H14N2OS. The lowest BCUT2D eigenvalue weighted by Crippen LogP contribution is -1.79. The van der Waals surface area contributed by atoms with Gasteiger partial charge in [-0.1, -0.05) is 0 Å². The number of nitrogens with one attached hydrogen (secondary N) is 1. The van der Waals surface area contributed by atoms with E-state index in [2.05, 4.69) is 35.9 Å². The molecular weight excluding hydrogens is 244 g/mol.